The van der Waals surface area contributed by atoms with Gasteiger partial charge in [-0.05, 0) is 13.3 Å². The summed E-state index contributed by atoms with van der Waals surface area (Å²) in [7, 11) is 0. The number of aliphatic hydroxyl groups excluding tert-OH is 1. The van der Waals surface area contributed by atoms with E-state index < -0.39 is 0 Å². The zero-order chi connectivity index (χ0) is 12.4. The van der Waals surface area contributed by atoms with Gasteiger partial charge in [0.2, 0.25) is 0 Å². The molecule has 1 aliphatic carbocycles. The van der Waals surface area contributed by atoms with Gasteiger partial charge in [-0.1, -0.05) is 27.7 Å². The summed E-state index contributed by atoms with van der Waals surface area (Å²) in [6.07, 6.45) is 1.47. The van der Waals surface area contributed by atoms with Crippen LogP contribution in [0.5, 0.6) is 0 Å². The van der Waals surface area contributed by atoms with Crippen molar-refractivity contribution in [3.8, 4) is 0 Å². The van der Waals surface area contributed by atoms with Crippen molar-refractivity contribution in [3.05, 3.63) is 0 Å². The third-order valence-corrected chi connectivity index (χ3v) is 3.80. The molecule has 0 aromatic heterocycles. The van der Waals surface area contributed by atoms with Gasteiger partial charge in [0.15, 0.2) is 0 Å². The van der Waals surface area contributed by atoms with Gasteiger partial charge < -0.3 is 15.2 Å². The predicted molar refractivity (Wildman–Crippen MR) is 66.5 cm³/mol. The Morgan fingerprint density at radius 1 is 1.44 bits per heavy atom. The molecule has 0 radical (unpaired) electrons. The number of hydrogen-bond donors (Lipinski definition) is 2. The fraction of sp³-hybridized carbons (Fsp3) is 1.00. The summed E-state index contributed by atoms with van der Waals surface area (Å²) < 4.78 is 5.69. The smallest absolute Gasteiger partial charge is 0.0655 e. The molecule has 0 heterocycles. The molecule has 0 aromatic rings. The van der Waals surface area contributed by atoms with Crippen LogP contribution >= 0.6 is 0 Å². The zero-order valence-electron chi connectivity index (χ0n) is 11.3. The molecule has 0 aliphatic heterocycles. The summed E-state index contributed by atoms with van der Waals surface area (Å²) in [6, 6.07) is 0.509. The van der Waals surface area contributed by atoms with Gasteiger partial charge in [-0.2, -0.15) is 0 Å². The van der Waals surface area contributed by atoms with E-state index in [9.17, 15) is 5.11 Å². The molecule has 2 N–H and O–H groups in total. The minimum atomic E-state index is -0.0349. The summed E-state index contributed by atoms with van der Waals surface area (Å²) in [6.45, 7) is 12.6. The van der Waals surface area contributed by atoms with E-state index in [0.29, 0.717) is 12.1 Å². The first-order valence-corrected chi connectivity index (χ1v) is 6.29. The third kappa shape index (κ3) is 2.96. The monoisotopic (exact) mass is 229 g/mol. The maximum absolute atomic E-state index is 9.20. The minimum absolute atomic E-state index is 0.0349. The third-order valence-electron chi connectivity index (χ3n) is 3.80. The first-order chi connectivity index (χ1) is 7.33. The van der Waals surface area contributed by atoms with E-state index in [0.717, 1.165) is 19.6 Å². The Balaban J connectivity index is 2.36. The van der Waals surface area contributed by atoms with Crippen molar-refractivity contribution in [2.75, 3.05) is 19.8 Å². The molecule has 0 bridgehead atoms. The quantitative estimate of drug-likeness (QED) is 0.730. The summed E-state index contributed by atoms with van der Waals surface area (Å²) in [5.41, 5.74) is 0.175. The summed E-state index contributed by atoms with van der Waals surface area (Å²) in [4.78, 5) is 0. The highest BCUT2D eigenvalue weighted by Crippen LogP contribution is 2.42. The highest BCUT2D eigenvalue weighted by atomic mass is 16.5. The lowest BCUT2D eigenvalue weighted by molar-refractivity contribution is -0.115. The molecule has 0 saturated heterocycles. The van der Waals surface area contributed by atoms with Crippen LogP contribution in [0.25, 0.3) is 0 Å². The first kappa shape index (κ1) is 13.9. The second kappa shape index (κ2) is 5.03. The van der Waals surface area contributed by atoms with E-state index in [1.54, 1.807) is 0 Å². The number of aliphatic hydroxyl groups is 1. The summed E-state index contributed by atoms with van der Waals surface area (Å²) >= 11 is 0. The minimum Gasteiger partial charge on any atom is -0.396 e. The van der Waals surface area contributed by atoms with Crippen LogP contribution in [0.15, 0.2) is 0 Å². The molecule has 2 unspecified atom stereocenters. The van der Waals surface area contributed by atoms with E-state index in [1.807, 2.05) is 6.92 Å². The van der Waals surface area contributed by atoms with Gasteiger partial charge in [0, 0.05) is 36.6 Å². The Kier molecular flexibility index (Phi) is 4.38. The second-order valence-corrected chi connectivity index (χ2v) is 6.26. The Morgan fingerprint density at radius 3 is 2.50 bits per heavy atom. The lowest BCUT2D eigenvalue weighted by atomic mass is 9.64. The van der Waals surface area contributed by atoms with Gasteiger partial charge in [-0.15, -0.1) is 0 Å². The summed E-state index contributed by atoms with van der Waals surface area (Å²) in [5.74, 6) is 0. The van der Waals surface area contributed by atoms with E-state index in [2.05, 4.69) is 33.0 Å². The number of hydrogen-bond acceptors (Lipinski definition) is 3. The molecular weight excluding hydrogens is 202 g/mol. The SMILES string of the molecule is CCOC1CC(NCC(C)(C)CO)C1(C)C. The van der Waals surface area contributed by atoms with Crippen molar-refractivity contribution in [1.82, 2.24) is 5.32 Å². The average Bonchev–Trinajstić information content (AvgIpc) is 2.22. The van der Waals surface area contributed by atoms with Crippen molar-refractivity contribution in [2.24, 2.45) is 10.8 Å². The van der Waals surface area contributed by atoms with Gasteiger partial charge in [0.05, 0.1) is 6.10 Å². The van der Waals surface area contributed by atoms with Crippen LogP contribution in [0, 0.1) is 10.8 Å². The number of ether oxygens (including phenoxy) is 1. The van der Waals surface area contributed by atoms with Crippen molar-refractivity contribution < 1.29 is 9.84 Å². The van der Waals surface area contributed by atoms with Crippen molar-refractivity contribution in [2.45, 2.75) is 53.2 Å². The molecule has 96 valence electrons. The number of rotatable bonds is 6. The van der Waals surface area contributed by atoms with Crippen LogP contribution in [-0.4, -0.2) is 37.0 Å². The van der Waals surface area contributed by atoms with Gasteiger partial charge in [0.25, 0.3) is 0 Å². The molecule has 2 atom stereocenters. The highest BCUT2D eigenvalue weighted by molar-refractivity contribution is 5.03. The number of nitrogens with one attached hydrogen (secondary N) is 1. The molecule has 3 heteroatoms. The molecule has 0 amide bonds. The fourth-order valence-corrected chi connectivity index (χ4v) is 2.17. The summed E-state index contributed by atoms with van der Waals surface area (Å²) in [5, 5.41) is 12.7. The Morgan fingerprint density at radius 2 is 2.06 bits per heavy atom. The van der Waals surface area contributed by atoms with Gasteiger partial charge in [-0.3, -0.25) is 0 Å². The predicted octanol–water partition coefficient (Wildman–Crippen LogP) is 1.80. The molecule has 16 heavy (non-hydrogen) atoms. The Bertz CT molecular complexity index is 226. The second-order valence-electron chi connectivity index (χ2n) is 6.26. The van der Waals surface area contributed by atoms with Crippen LogP contribution < -0.4 is 5.32 Å². The van der Waals surface area contributed by atoms with E-state index in [-0.39, 0.29) is 17.4 Å². The lowest BCUT2D eigenvalue weighted by Crippen LogP contribution is -2.62. The van der Waals surface area contributed by atoms with E-state index in [4.69, 9.17) is 4.74 Å². The van der Waals surface area contributed by atoms with Crippen LogP contribution in [0.4, 0.5) is 0 Å². The maximum atomic E-state index is 9.20. The standard InChI is InChI=1S/C13H27NO2/c1-6-16-11-7-10(13(11,4)5)14-8-12(2,3)9-15/h10-11,14-15H,6-9H2,1-5H3. The van der Waals surface area contributed by atoms with Crippen LogP contribution in [0.1, 0.15) is 41.0 Å². The molecule has 0 aromatic carbocycles. The largest absolute Gasteiger partial charge is 0.396 e. The molecular formula is C13H27NO2. The Hall–Kier alpha value is -0.120. The maximum Gasteiger partial charge on any atom is 0.0655 e. The Labute approximate surface area is 99.6 Å². The van der Waals surface area contributed by atoms with Crippen molar-refractivity contribution in [1.29, 1.82) is 0 Å². The van der Waals surface area contributed by atoms with Crippen LogP contribution in [0.3, 0.4) is 0 Å². The molecule has 1 aliphatic rings. The van der Waals surface area contributed by atoms with Gasteiger partial charge in [-0.25, -0.2) is 0 Å². The van der Waals surface area contributed by atoms with Crippen LogP contribution in [0.2, 0.25) is 0 Å². The first-order valence-electron chi connectivity index (χ1n) is 6.29. The fourth-order valence-electron chi connectivity index (χ4n) is 2.17. The molecule has 1 fully saturated rings. The van der Waals surface area contributed by atoms with E-state index >= 15 is 0 Å². The van der Waals surface area contributed by atoms with E-state index in [1.165, 1.54) is 0 Å². The van der Waals surface area contributed by atoms with Gasteiger partial charge >= 0.3 is 0 Å². The molecule has 1 rings (SSSR count). The topological polar surface area (TPSA) is 41.5 Å². The highest BCUT2D eigenvalue weighted by Gasteiger charge is 2.48. The molecule has 3 nitrogen and oxygen atoms in total. The molecule has 1 saturated carbocycles. The van der Waals surface area contributed by atoms with Gasteiger partial charge in [0.1, 0.15) is 0 Å². The van der Waals surface area contributed by atoms with Crippen molar-refractivity contribution in [3.63, 3.8) is 0 Å². The normalized spacial score (nSPS) is 28.9. The zero-order valence-corrected chi connectivity index (χ0v) is 11.3. The van der Waals surface area contributed by atoms with Crippen molar-refractivity contribution >= 4 is 0 Å². The molecule has 0 spiro atoms. The lowest BCUT2D eigenvalue weighted by Gasteiger charge is -2.52. The average molecular weight is 229 g/mol. The van der Waals surface area contributed by atoms with Crippen LogP contribution in [-0.2, 0) is 4.74 Å².